The van der Waals surface area contributed by atoms with Crippen molar-refractivity contribution in [2.45, 2.75) is 38.3 Å². The van der Waals surface area contributed by atoms with Crippen molar-refractivity contribution in [3.8, 4) is 0 Å². The third-order valence-corrected chi connectivity index (χ3v) is 5.49. The molecule has 2 aliphatic heterocycles. The van der Waals surface area contributed by atoms with E-state index in [4.69, 9.17) is 0 Å². The van der Waals surface area contributed by atoms with Gasteiger partial charge >= 0.3 is 0 Å². The summed E-state index contributed by atoms with van der Waals surface area (Å²) in [5, 5.41) is 3.25. The fraction of sp³-hybridized carbons (Fsp3) is 1.00. The van der Waals surface area contributed by atoms with Gasteiger partial charge in [0.05, 0.1) is 5.75 Å². The van der Waals surface area contributed by atoms with Crippen molar-refractivity contribution >= 4 is 9.84 Å². The number of piperazine rings is 1. The normalized spacial score (nSPS) is 29.3. The Hall–Kier alpha value is -0.170. The van der Waals surface area contributed by atoms with Gasteiger partial charge < -0.3 is 5.32 Å². The lowest BCUT2D eigenvalue weighted by Gasteiger charge is -2.47. The molecular weight excluding hydrogens is 274 g/mol. The van der Waals surface area contributed by atoms with Crippen LogP contribution in [0.4, 0.5) is 0 Å². The SMILES string of the molecule is CC1CN2CCCCC2CN1CCNCCS(C)(=O)=O. The Kier molecular flexibility index (Phi) is 5.84. The van der Waals surface area contributed by atoms with Crippen LogP contribution < -0.4 is 5.32 Å². The molecule has 1 N–H and O–H groups in total. The highest BCUT2D eigenvalue weighted by molar-refractivity contribution is 7.90. The largest absolute Gasteiger partial charge is 0.314 e. The molecular formula is C14H29N3O2S. The van der Waals surface area contributed by atoms with Crippen molar-refractivity contribution in [3.05, 3.63) is 0 Å². The summed E-state index contributed by atoms with van der Waals surface area (Å²) in [7, 11) is -2.84. The quantitative estimate of drug-likeness (QED) is 0.710. The van der Waals surface area contributed by atoms with E-state index in [9.17, 15) is 8.42 Å². The second kappa shape index (κ2) is 7.20. The molecule has 0 aromatic rings. The molecule has 2 unspecified atom stereocenters. The first-order valence-electron chi connectivity index (χ1n) is 7.82. The molecule has 0 aliphatic carbocycles. The maximum atomic E-state index is 11.0. The maximum absolute atomic E-state index is 11.0. The lowest BCUT2D eigenvalue weighted by atomic mass is 9.97. The van der Waals surface area contributed by atoms with Gasteiger partial charge in [0.25, 0.3) is 0 Å². The summed E-state index contributed by atoms with van der Waals surface area (Å²) in [6.07, 6.45) is 5.36. The van der Waals surface area contributed by atoms with Gasteiger partial charge in [-0.25, -0.2) is 8.42 Å². The van der Waals surface area contributed by atoms with E-state index in [1.54, 1.807) is 0 Å². The van der Waals surface area contributed by atoms with Crippen LogP contribution in [0.2, 0.25) is 0 Å². The lowest BCUT2D eigenvalue weighted by molar-refractivity contribution is 0.0161. The Labute approximate surface area is 123 Å². The van der Waals surface area contributed by atoms with Crippen LogP contribution in [0.1, 0.15) is 26.2 Å². The van der Waals surface area contributed by atoms with Crippen LogP contribution in [-0.2, 0) is 9.84 Å². The summed E-state index contributed by atoms with van der Waals surface area (Å²) in [5.41, 5.74) is 0. The van der Waals surface area contributed by atoms with E-state index in [0.29, 0.717) is 12.6 Å². The highest BCUT2D eigenvalue weighted by Crippen LogP contribution is 2.23. The molecule has 0 spiro atoms. The second-order valence-corrected chi connectivity index (χ2v) is 8.63. The smallest absolute Gasteiger partial charge is 0.148 e. The molecule has 0 amide bonds. The van der Waals surface area contributed by atoms with E-state index in [-0.39, 0.29) is 5.75 Å². The zero-order valence-corrected chi connectivity index (χ0v) is 13.7. The Morgan fingerprint density at radius 2 is 2.00 bits per heavy atom. The Bertz CT molecular complexity index is 399. The molecule has 2 heterocycles. The van der Waals surface area contributed by atoms with Gasteiger partial charge in [-0.1, -0.05) is 6.42 Å². The number of sulfone groups is 1. The highest BCUT2D eigenvalue weighted by Gasteiger charge is 2.32. The molecule has 2 rings (SSSR count). The summed E-state index contributed by atoms with van der Waals surface area (Å²) in [5.74, 6) is 0.235. The number of fused-ring (bicyclic) bond motifs is 1. The molecule has 0 aromatic heterocycles. The molecule has 2 aliphatic rings. The summed E-state index contributed by atoms with van der Waals surface area (Å²) in [6, 6.07) is 1.36. The molecule has 0 bridgehead atoms. The number of nitrogens with zero attached hydrogens (tertiary/aromatic N) is 2. The zero-order chi connectivity index (χ0) is 14.6. The summed E-state index contributed by atoms with van der Waals surface area (Å²) >= 11 is 0. The number of rotatable bonds is 6. The van der Waals surface area contributed by atoms with Crippen LogP contribution in [0.15, 0.2) is 0 Å². The molecule has 5 nitrogen and oxygen atoms in total. The van der Waals surface area contributed by atoms with Crippen molar-refractivity contribution in [1.82, 2.24) is 15.1 Å². The molecule has 118 valence electrons. The van der Waals surface area contributed by atoms with Crippen LogP contribution in [-0.4, -0.2) is 81.6 Å². The van der Waals surface area contributed by atoms with Gasteiger partial charge in [-0.3, -0.25) is 9.80 Å². The minimum atomic E-state index is -2.84. The minimum absolute atomic E-state index is 0.235. The maximum Gasteiger partial charge on any atom is 0.148 e. The molecule has 0 radical (unpaired) electrons. The lowest BCUT2D eigenvalue weighted by Crippen LogP contribution is -2.59. The topological polar surface area (TPSA) is 52.6 Å². The predicted molar refractivity (Wildman–Crippen MR) is 82.8 cm³/mol. The van der Waals surface area contributed by atoms with Gasteiger partial charge in [0.1, 0.15) is 9.84 Å². The average molecular weight is 303 g/mol. The third kappa shape index (κ3) is 4.98. The number of hydrogen-bond acceptors (Lipinski definition) is 5. The molecule has 2 fully saturated rings. The van der Waals surface area contributed by atoms with Gasteiger partial charge in [0.15, 0.2) is 0 Å². The molecule has 0 saturated carbocycles. The Morgan fingerprint density at radius 1 is 1.20 bits per heavy atom. The van der Waals surface area contributed by atoms with Crippen LogP contribution in [0.5, 0.6) is 0 Å². The van der Waals surface area contributed by atoms with Gasteiger partial charge in [-0.15, -0.1) is 0 Å². The predicted octanol–water partition coefficient (Wildman–Crippen LogP) is 0.179. The first-order valence-corrected chi connectivity index (χ1v) is 9.88. The van der Waals surface area contributed by atoms with Crippen molar-refractivity contribution in [2.75, 3.05) is 51.3 Å². The first-order chi connectivity index (χ1) is 9.46. The van der Waals surface area contributed by atoms with Crippen LogP contribution in [0.3, 0.4) is 0 Å². The summed E-state index contributed by atoms with van der Waals surface area (Å²) in [6.45, 7) is 8.41. The van der Waals surface area contributed by atoms with Crippen LogP contribution in [0, 0.1) is 0 Å². The number of hydrogen-bond donors (Lipinski definition) is 1. The van der Waals surface area contributed by atoms with Gasteiger partial charge in [-0.2, -0.15) is 0 Å². The van der Waals surface area contributed by atoms with Crippen molar-refractivity contribution in [1.29, 1.82) is 0 Å². The summed E-state index contributed by atoms with van der Waals surface area (Å²) in [4.78, 5) is 5.21. The molecule has 2 saturated heterocycles. The molecule has 20 heavy (non-hydrogen) atoms. The van der Waals surface area contributed by atoms with Crippen molar-refractivity contribution in [2.24, 2.45) is 0 Å². The Morgan fingerprint density at radius 3 is 2.75 bits per heavy atom. The van der Waals surface area contributed by atoms with E-state index in [1.165, 1.54) is 45.2 Å². The van der Waals surface area contributed by atoms with E-state index < -0.39 is 9.84 Å². The number of piperidine rings is 1. The molecule has 2 atom stereocenters. The first kappa shape index (κ1) is 16.2. The minimum Gasteiger partial charge on any atom is -0.314 e. The fourth-order valence-corrected chi connectivity index (χ4v) is 3.84. The van der Waals surface area contributed by atoms with Gasteiger partial charge in [0.2, 0.25) is 0 Å². The molecule has 0 aromatic carbocycles. The van der Waals surface area contributed by atoms with Gasteiger partial charge in [-0.05, 0) is 26.3 Å². The highest BCUT2D eigenvalue weighted by atomic mass is 32.2. The van der Waals surface area contributed by atoms with Crippen molar-refractivity contribution < 1.29 is 8.42 Å². The summed E-state index contributed by atoms with van der Waals surface area (Å²) < 4.78 is 22.1. The monoisotopic (exact) mass is 303 g/mol. The van der Waals surface area contributed by atoms with Gasteiger partial charge in [0, 0.05) is 51.1 Å². The van der Waals surface area contributed by atoms with Crippen molar-refractivity contribution in [3.63, 3.8) is 0 Å². The van der Waals surface area contributed by atoms with Crippen LogP contribution >= 0.6 is 0 Å². The zero-order valence-electron chi connectivity index (χ0n) is 12.8. The Balaban J connectivity index is 1.67. The van der Waals surface area contributed by atoms with E-state index >= 15 is 0 Å². The average Bonchev–Trinajstić information content (AvgIpc) is 2.37. The second-order valence-electron chi connectivity index (χ2n) is 6.37. The number of nitrogens with one attached hydrogen (secondary N) is 1. The molecule has 6 heteroatoms. The fourth-order valence-electron chi connectivity index (χ4n) is 3.33. The standard InChI is InChI=1S/C14H29N3O2S/c1-13-11-17-8-4-3-5-14(17)12-16(13)9-6-15-7-10-20(2,18)19/h13-15H,3-12H2,1-2H3. The van der Waals surface area contributed by atoms with E-state index in [0.717, 1.165) is 19.1 Å². The third-order valence-electron chi connectivity index (χ3n) is 4.54. The van der Waals surface area contributed by atoms with E-state index in [1.807, 2.05) is 0 Å². The van der Waals surface area contributed by atoms with Crippen LogP contribution in [0.25, 0.3) is 0 Å². The van der Waals surface area contributed by atoms with E-state index in [2.05, 4.69) is 22.0 Å².